The lowest BCUT2D eigenvalue weighted by atomic mass is 10.1. The maximum Gasteiger partial charge on any atom is 0.165 e. The average Bonchev–Trinajstić information content (AvgIpc) is 2.73. The first kappa shape index (κ1) is 12.5. The van der Waals surface area contributed by atoms with Gasteiger partial charge in [-0.2, -0.15) is 0 Å². The first-order chi connectivity index (χ1) is 9.04. The van der Waals surface area contributed by atoms with Gasteiger partial charge in [0.15, 0.2) is 5.82 Å². The van der Waals surface area contributed by atoms with Crippen LogP contribution in [0.5, 0.6) is 0 Å². The third-order valence-electron chi connectivity index (χ3n) is 2.83. The van der Waals surface area contributed by atoms with Gasteiger partial charge >= 0.3 is 0 Å². The number of rotatable bonds is 1. The van der Waals surface area contributed by atoms with Crippen molar-refractivity contribution in [1.29, 1.82) is 0 Å². The highest BCUT2D eigenvalue weighted by atomic mass is 35.5. The fourth-order valence-electron chi connectivity index (χ4n) is 1.94. The van der Waals surface area contributed by atoms with E-state index < -0.39 is 0 Å². The summed E-state index contributed by atoms with van der Waals surface area (Å²) in [5.41, 5.74) is 1.34. The molecule has 0 aliphatic rings. The van der Waals surface area contributed by atoms with E-state index in [0.717, 1.165) is 20.7 Å². The van der Waals surface area contributed by atoms with Crippen LogP contribution in [0, 0.1) is 19.7 Å². The molecule has 0 amide bonds. The van der Waals surface area contributed by atoms with E-state index >= 15 is 0 Å². The molecule has 2 nitrogen and oxygen atoms in total. The minimum atomic E-state index is -0.339. The van der Waals surface area contributed by atoms with E-state index in [9.17, 15) is 4.39 Å². The summed E-state index contributed by atoms with van der Waals surface area (Å²) < 4.78 is 13.9. The van der Waals surface area contributed by atoms with E-state index in [-0.39, 0.29) is 5.82 Å². The molecule has 96 valence electrons. The molecular weight excluding hydrogens is 283 g/mol. The zero-order valence-electron chi connectivity index (χ0n) is 10.4. The molecule has 2 aromatic heterocycles. The van der Waals surface area contributed by atoms with Crippen molar-refractivity contribution in [3.8, 4) is 11.4 Å². The van der Waals surface area contributed by atoms with Gasteiger partial charge in [0.2, 0.25) is 0 Å². The van der Waals surface area contributed by atoms with Crippen LogP contribution in [-0.4, -0.2) is 9.97 Å². The molecule has 0 fully saturated rings. The third-order valence-corrected chi connectivity index (χ3v) is 4.06. The zero-order chi connectivity index (χ0) is 13.6. The summed E-state index contributed by atoms with van der Waals surface area (Å²) in [4.78, 5) is 10.5. The molecule has 0 atom stereocenters. The normalized spacial score (nSPS) is 11.2. The molecule has 0 radical (unpaired) electrons. The number of hydrogen-bond acceptors (Lipinski definition) is 3. The predicted molar refractivity (Wildman–Crippen MR) is 77.3 cm³/mol. The Kier molecular flexibility index (Phi) is 2.99. The van der Waals surface area contributed by atoms with Gasteiger partial charge in [-0.1, -0.05) is 23.2 Å². The zero-order valence-corrected chi connectivity index (χ0v) is 11.9. The molecule has 0 spiro atoms. The van der Waals surface area contributed by atoms with Gasteiger partial charge in [0.25, 0.3) is 0 Å². The fourth-order valence-corrected chi connectivity index (χ4v) is 3.10. The van der Waals surface area contributed by atoms with Gasteiger partial charge in [0.1, 0.15) is 15.8 Å². The van der Waals surface area contributed by atoms with Gasteiger partial charge in [0, 0.05) is 10.3 Å². The monoisotopic (exact) mass is 292 g/mol. The molecule has 0 aliphatic heterocycles. The molecule has 3 rings (SSSR count). The lowest BCUT2D eigenvalue weighted by Gasteiger charge is -2.04. The van der Waals surface area contributed by atoms with Crippen molar-refractivity contribution in [2.45, 2.75) is 13.8 Å². The van der Waals surface area contributed by atoms with Gasteiger partial charge in [-0.3, -0.25) is 0 Å². The molecule has 19 heavy (non-hydrogen) atoms. The van der Waals surface area contributed by atoms with Crippen LogP contribution in [0.2, 0.25) is 5.15 Å². The first-order valence-electron chi connectivity index (χ1n) is 5.75. The molecule has 3 aromatic rings. The Hall–Kier alpha value is -1.52. The number of nitrogens with zero attached hydrogens (tertiary/aromatic N) is 2. The van der Waals surface area contributed by atoms with E-state index in [1.54, 1.807) is 12.1 Å². The lowest BCUT2D eigenvalue weighted by Crippen LogP contribution is -1.93. The second kappa shape index (κ2) is 4.54. The summed E-state index contributed by atoms with van der Waals surface area (Å²) in [6.07, 6.45) is 0. The maximum absolute atomic E-state index is 13.9. The molecule has 0 bridgehead atoms. The third kappa shape index (κ3) is 2.22. The molecule has 0 unspecified atom stereocenters. The van der Waals surface area contributed by atoms with Crippen LogP contribution < -0.4 is 0 Å². The molecule has 1 aromatic carbocycles. The van der Waals surface area contributed by atoms with Crippen LogP contribution in [0.3, 0.4) is 0 Å². The molecule has 0 aliphatic carbocycles. The summed E-state index contributed by atoms with van der Waals surface area (Å²) in [7, 11) is 0. The van der Waals surface area contributed by atoms with Crippen molar-refractivity contribution in [2.24, 2.45) is 0 Å². The smallest absolute Gasteiger partial charge is 0.165 e. The Labute approximate surface area is 118 Å². The molecular formula is C14H10ClFN2S. The molecule has 0 N–H and O–H groups in total. The number of thiophene rings is 1. The van der Waals surface area contributed by atoms with E-state index in [1.807, 2.05) is 19.9 Å². The Bertz CT molecular complexity index is 782. The Morgan fingerprint density at radius 3 is 2.74 bits per heavy atom. The Morgan fingerprint density at radius 1 is 1.16 bits per heavy atom. The highest BCUT2D eigenvalue weighted by Gasteiger charge is 2.13. The molecule has 0 saturated heterocycles. The highest BCUT2D eigenvalue weighted by molar-refractivity contribution is 7.18. The quantitative estimate of drug-likeness (QED) is 0.604. The number of aromatic nitrogens is 2. The van der Waals surface area contributed by atoms with Crippen molar-refractivity contribution in [1.82, 2.24) is 9.97 Å². The van der Waals surface area contributed by atoms with Crippen molar-refractivity contribution in [3.05, 3.63) is 45.7 Å². The van der Waals surface area contributed by atoms with Crippen LogP contribution in [-0.2, 0) is 0 Å². The molecule has 0 saturated carbocycles. The maximum atomic E-state index is 13.9. The minimum absolute atomic E-state index is 0.334. The van der Waals surface area contributed by atoms with E-state index in [1.165, 1.54) is 17.4 Å². The predicted octanol–water partition coefficient (Wildman–Crippen LogP) is 4.77. The summed E-state index contributed by atoms with van der Waals surface area (Å²) in [5.74, 6) is -0.00477. The van der Waals surface area contributed by atoms with Crippen LogP contribution >= 0.6 is 22.9 Å². The average molecular weight is 293 g/mol. The van der Waals surface area contributed by atoms with Gasteiger partial charge in [-0.15, -0.1) is 11.3 Å². The van der Waals surface area contributed by atoms with Crippen molar-refractivity contribution >= 4 is 33.2 Å². The number of fused-ring (bicyclic) bond motifs is 1. The van der Waals surface area contributed by atoms with Crippen LogP contribution in [0.1, 0.15) is 10.4 Å². The Morgan fingerprint density at radius 2 is 1.95 bits per heavy atom. The second-order valence-electron chi connectivity index (χ2n) is 4.40. The van der Waals surface area contributed by atoms with E-state index in [2.05, 4.69) is 9.97 Å². The minimum Gasteiger partial charge on any atom is -0.217 e. The van der Waals surface area contributed by atoms with Crippen LogP contribution in [0.4, 0.5) is 4.39 Å². The van der Waals surface area contributed by atoms with Gasteiger partial charge in [-0.25, -0.2) is 14.4 Å². The van der Waals surface area contributed by atoms with Crippen molar-refractivity contribution in [2.75, 3.05) is 0 Å². The summed E-state index contributed by atoms with van der Waals surface area (Å²) in [6.45, 7) is 3.88. The molecule has 2 heterocycles. The van der Waals surface area contributed by atoms with Crippen molar-refractivity contribution in [3.63, 3.8) is 0 Å². The second-order valence-corrected chi connectivity index (χ2v) is 5.99. The summed E-state index contributed by atoms with van der Waals surface area (Å²) >= 11 is 7.68. The Balaban J connectivity index is 2.27. The number of benzene rings is 1. The van der Waals surface area contributed by atoms with E-state index in [0.29, 0.717) is 16.5 Å². The van der Waals surface area contributed by atoms with Crippen LogP contribution in [0.15, 0.2) is 24.3 Å². The van der Waals surface area contributed by atoms with Gasteiger partial charge in [0.05, 0.1) is 5.56 Å². The largest absolute Gasteiger partial charge is 0.217 e. The standard InChI is InChI=1S/C14H10ClFN2S/c1-7-3-4-11(16)9(5-7)13-17-12(15)10-6-8(2)19-14(10)18-13/h3-6H,1-2H3. The molecule has 5 heteroatoms. The highest BCUT2D eigenvalue weighted by Crippen LogP contribution is 2.31. The first-order valence-corrected chi connectivity index (χ1v) is 6.94. The lowest BCUT2D eigenvalue weighted by molar-refractivity contribution is 0.629. The van der Waals surface area contributed by atoms with E-state index in [4.69, 9.17) is 11.6 Å². The topological polar surface area (TPSA) is 25.8 Å². The fraction of sp³-hybridized carbons (Fsp3) is 0.143. The number of hydrogen-bond donors (Lipinski definition) is 0. The van der Waals surface area contributed by atoms with Gasteiger partial charge < -0.3 is 0 Å². The number of halogens is 2. The van der Waals surface area contributed by atoms with Crippen molar-refractivity contribution < 1.29 is 4.39 Å². The van der Waals surface area contributed by atoms with Gasteiger partial charge in [-0.05, 0) is 32.0 Å². The summed E-state index contributed by atoms with van der Waals surface area (Å²) in [5, 5.41) is 1.19. The number of aryl methyl sites for hydroxylation is 2. The summed E-state index contributed by atoms with van der Waals surface area (Å²) in [6, 6.07) is 6.81. The van der Waals surface area contributed by atoms with Crippen LogP contribution in [0.25, 0.3) is 21.6 Å². The SMILES string of the molecule is Cc1ccc(F)c(-c2nc(Cl)c3cc(C)sc3n2)c1.